The molecule has 102 valence electrons. The second-order valence-electron chi connectivity index (χ2n) is 5.02. The van der Waals surface area contributed by atoms with Gasteiger partial charge in [0.15, 0.2) is 0 Å². The molecule has 2 aromatic heterocycles. The molecule has 0 saturated carbocycles. The third-order valence-corrected chi connectivity index (χ3v) is 3.36. The molecule has 2 aromatic rings. The second-order valence-corrected chi connectivity index (χ2v) is 5.02. The first kappa shape index (κ1) is 13.5. The lowest BCUT2D eigenvalue weighted by atomic mass is 10.2. The quantitative estimate of drug-likeness (QED) is 0.890. The molecular formula is C14H21N5. The fourth-order valence-electron chi connectivity index (χ4n) is 1.87. The average molecular weight is 259 g/mol. The molecule has 0 amide bonds. The van der Waals surface area contributed by atoms with Gasteiger partial charge in [-0.25, -0.2) is 9.97 Å². The third-order valence-electron chi connectivity index (χ3n) is 3.36. The molecule has 0 aliphatic rings. The summed E-state index contributed by atoms with van der Waals surface area (Å²) in [5.41, 5.74) is 7.86. The van der Waals surface area contributed by atoms with E-state index in [1.165, 1.54) is 0 Å². The van der Waals surface area contributed by atoms with Crippen LogP contribution in [0.2, 0.25) is 0 Å². The number of likely N-dealkylation sites (N-methyl/N-ethyl adjacent to an activating group) is 1. The van der Waals surface area contributed by atoms with Crippen LogP contribution in [-0.2, 0) is 6.54 Å². The Morgan fingerprint density at radius 3 is 2.89 bits per heavy atom. The van der Waals surface area contributed by atoms with E-state index >= 15 is 0 Å². The van der Waals surface area contributed by atoms with Gasteiger partial charge in [-0.3, -0.25) is 0 Å². The van der Waals surface area contributed by atoms with E-state index in [2.05, 4.69) is 40.3 Å². The van der Waals surface area contributed by atoms with E-state index < -0.39 is 0 Å². The van der Waals surface area contributed by atoms with Crippen molar-refractivity contribution >= 4 is 5.82 Å². The van der Waals surface area contributed by atoms with Crippen molar-refractivity contribution in [2.45, 2.75) is 26.4 Å². The minimum Gasteiger partial charge on any atom is -0.384 e. The van der Waals surface area contributed by atoms with Gasteiger partial charge >= 0.3 is 0 Å². The molecule has 0 fully saturated rings. The van der Waals surface area contributed by atoms with Gasteiger partial charge in [-0.1, -0.05) is 0 Å². The van der Waals surface area contributed by atoms with Crippen LogP contribution >= 0.6 is 0 Å². The fraction of sp³-hybridized carbons (Fsp3) is 0.429. The Labute approximate surface area is 114 Å². The molecule has 5 heteroatoms. The molecule has 0 unspecified atom stereocenters. The standard InChI is InChI=1S/C14H21N5/c1-11(2)18(3)6-7-19-10-16-9-13(19)12-4-5-17-14(15)8-12/h4-5,8-11H,6-7H2,1-3H3,(H2,15,17). The van der Waals surface area contributed by atoms with Crippen LogP contribution in [0.25, 0.3) is 11.3 Å². The van der Waals surface area contributed by atoms with Gasteiger partial charge in [0, 0.05) is 30.9 Å². The van der Waals surface area contributed by atoms with Gasteiger partial charge in [-0.05, 0) is 33.0 Å². The van der Waals surface area contributed by atoms with Gasteiger partial charge in [0.2, 0.25) is 0 Å². The summed E-state index contributed by atoms with van der Waals surface area (Å²) < 4.78 is 2.15. The summed E-state index contributed by atoms with van der Waals surface area (Å²) in [6.07, 6.45) is 5.45. The zero-order valence-corrected chi connectivity index (χ0v) is 11.7. The van der Waals surface area contributed by atoms with E-state index in [4.69, 9.17) is 5.73 Å². The smallest absolute Gasteiger partial charge is 0.123 e. The first-order valence-electron chi connectivity index (χ1n) is 6.50. The average Bonchev–Trinajstić information content (AvgIpc) is 2.84. The van der Waals surface area contributed by atoms with Crippen LogP contribution in [0.1, 0.15) is 13.8 Å². The fourth-order valence-corrected chi connectivity index (χ4v) is 1.87. The Morgan fingerprint density at radius 2 is 2.21 bits per heavy atom. The van der Waals surface area contributed by atoms with Crippen molar-refractivity contribution in [3.63, 3.8) is 0 Å². The lowest BCUT2D eigenvalue weighted by Gasteiger charge is -2.21. The number of anilines is 1. The predicted molar refractivity (Wildman–Crippen MR) is 77.6 cm³/mol. The summed E-state index contributed by atoms with van der Waals surface area (Å²) in [4.78, 5) is 10.6. The Balaban J connectivity index is 2.14. The summed E-state index contributed by atoms with van der Waals surface area (Å²) in [5, 5.41) is 0. The van der Waals surface area contributed by atoms with Crippen molar-refractivity contribution in [2.24, 2.45) is 0 Å². The molecular weight excluding hydrogens is 238 g/mol. The van der Waals surface area contributed by atoms with Crippen molar-refractivity contribution < 1.29 is 0 Å². The second kappa shape index (κ2) is 5.84. The van der Waals surface area contributed by atoms with Crippen LogP contribution in [0.5, 0.6) is 0 Å². The largest absolute Gasteiger partial charge is 0.384 e. The maximum absolute atomic E-state index is 5.73. The van der Waals surface area contributed by atoms with Crippen LogP contribution in [0.15, 0.2) is 30.9 Å². The highest BCUT2D eigenvalue weighted by molar-refractivity contribution is 5.61. The topological polar surface area (TPSA) is 60.0 Å². The number of imidazole rings is 1. The molecule has 2 heterocycles. The normalized spacial score (nSPS) is 11.4. The molecule has 0 aromatic carbocycles. The Bertz CT molecular complexity index is 532. The lowest BCUT2D eigenvalue weighted by Crippen LogP contribution is -2.29. The van der Waals surface area contributed by atoms with Crippen molar-refractivity contribution in [3.05, 3.63) is 30.9 Å². The molecule has 0 aliphatic carbocycles. The summed E-state index contributed by atoms with van der Waals surface area (Å²) in [6.45, 7) is 6.28. The number of nitrogens with two attached hydrogens (primary N) is 1. The van der Waals surface area contributed by atoms with Gasteiger partial charge in [0.1, 0.15) is 5.82 Å². The molecule has 0 bridgehead atoms. The van der Waals surface area contributed by atoms with E-state index in [9.17, 15) is 0 Å². The highest BCUT2D eigenvalue weighted by atomic mass is 15.2. The van der Waals surface area contributed by atoms with E-state index in [0.717, 1.165) is 24.3 Å². The van der Waals surface area contributed by atoms with Gasteiger partial charge in [-0.2, -0.15) is 0 Å². The monoisotopic (exact) mass is 259 g/mol. The molecule has 2 rings (SSSR count). The van der Waals surface area contributed by atoms with Crippen LogP contribution in [0.4, 0.5) is 5.82 Å². The van der Waals surface area contributed by atoms with Crippen molar-refractivity contribution in [2.75, 3.05) is 19.3 Å². The molecule has 0 saturated heterocycles. The number of hydrogen-bond acceptors (Lipinski definition) is 4. The number of hydrogen-bond donors (Lipinski definition) is 1. The van der Waals surface area contributed by atoms with Crippen LogP contribution in [0.3, 0.4) is 0 Å². The van der Waals surface area contributed by atoms with Gasteiger partial charge in [0.05, 0.1) is 18.2 Å². The molecule has 0 atom stereocenters. The van der Waals surface area contributed by atoms with Gasteiger partial charge in [-0.15, -0.1) is 0 Å². The SMILES string of the molecule is CC(C)N(C)CCn1cncc1-c1ccnc(N)c1. The molecule has 0 radical (unpaired) electrons. The first-order valence-corrected chi connectivity index (χ1v) is 6.50. The molecule has 0 aliphatic heterocycles. The minimum absolute atomic E-state index is 0.532. The number of nitrogens with zero attached hydrogens (tertiary/aromatic N) is 4. The molecule has 0 spiro atoms. The van der Waals surface area contributed by atoms with E-state index in [1.807, 2.05) is 24.7 Å². The maximum atomic E-state index is 5.73. The van der Waals surface area contributed by atoms with Crippen molar-refractivity contribution in [1.82, 2.24) is 19.4 Å². The summed E-state index contributed by atoms with van der Waals surface area (Å²) in [7, 11) is 2.13. The highest BCUT2D eigenvalue weighted by Crippen LogP contribution is 2.19. The van der Waals surface area contributed by atoms with Gasteiger partial charge < -0.3 is 15.2 Å². The van der Waals surface area contributed by atoms with Crippen LogP contribution in [-0.4, -0.2) is 39.1 Å². The van der Waals surface area contributed by atoms with Crippen LogP contribution in [0, 0.1) is 0 Å². The maximum Gasteiger partial charge on any atom is 0.123 e. The Morgan fingerprint density at radius 1 is 1.42 bits per heavy atom. The van der Waals surface area contributed by atoms with E-state index in [0.29, 0.717) is 11.9 Å². The number of nitrogen functional groups attached to an aromatic ring is 1. The summed E-state index contributed by atoms with van der Waals surface area (Å²) >= 11 is 0. The van der Waals surface area contributed by atoms with Crippen molar-refractivity contribution in [3.8, 4) is 11.3 Å². The minimum atomic E-state index is 0.532. The third kappa shape index (κ3) is 3.32. The zero-order chi connectivity index (χ0) is 13.8. The zero-order valence-electron chi connectivity index (χ0n) is 11.7. The molecule has 19 heavy (non-hydrogen) atoms. The predicted octanol–water partition coefficient (Wildman–Crippen LogP) is 1.87. The Kier molecular flexibility index (Phi) is 4.16. The van der Waals surface area contributed by atoms with Crippen LogP contribution < -0.4 is 5.73 Å². The number of pyridine rings is 1. The number of rotatable bonds is 5. The summed E-state index contributed by atoms with van der Waals surface area (Å²) in [6, 6.07) is 4.37. The number of aromatic nitrogens is 3. The molecule has 5 nitrogen and oxygen atoms in total. The van der Waals surface area contributed by atoms with E-state index in [-0.39, 0.29) is 0 Å². The molecule has 2 N–H and O–H groups in total. The first-order chi connectivity index (χ1) is 9.08. The van der Waals surface area contributed by atoms with Crippen molar-refractivity contribution in [1.29, 1.82) is 0 Å². The van der Waals surface area contributed by atoms with E-state index in [1.54, 1.807) is 6.20 Å². The van der Waals surface area contributed by atoms with Gasteiger partial charge in [0.25, 0.3) is 0 Å². The summed E-state index contributed by atoms with van der Waals surface area (Å²) in [5.74, 6) is 0.532. The lowest BCUT2D eigenvalue weighted by molar-refractivity contribution is 0.263. The Hall–Kier alpha value is -1.88. The highest BCUT2D eigenvalue weighted by Gasteiger charge is 2.08.